The number of hydrogen-bond acceptors (Lipinski definition) is 7. The molecule has 1 aromatic rings. The van der Waals surface area contributed by atoms with Crippen molar-refractivity contribution in [2.75, 3.05) is 6.61 Å². The van der Waals surface area contributed by atoms with E-state index in [1.807, 2.05) is 0 Å². The Labute approximate surface area is 198 Å². The number of aliphatic hydroxyl groups is 2. The Morgan fingerprint density at radius 3 is 1.86 bits per heavy atom. The summed E-state index contributed by atoms with van der Waals surface area (Å²) < 4.78 is 0. The summed E-state index contributed by atoms with van der Waals surface area (Å²) in [4.78, 5) is 39.2. The Kier molecular flexibility index (Phi) is 15.8. The first-order chi connectivity index (χ1) is 13.0. The van der Waals surface area contributed by atoms with E-state index in [1.165, 1.54) is 24.3 Å². The van der Waals surface area contributed by atoms with Crippen molar-refractivity contribution >= 4 is 46.7 Å². The zero-order valence-electron chi connectivity index (χ0n) is 16.2. The van der Waals surface area contributed by atoms with E-state index in [1.54, 1.807) is 0 Å². The number of rotatable bonds is 9. The summed E-state index contributed by atoms with van der Waals surface area (Å²) in [5.41, 5.74) is 0.169. The number of halogens is 2. The van der Waals surface area contributed by atoms with Crippen LogP contribution in [0.3, 0.4) is 0 Å². The van der Waals surface area contributed by atoms with Gasteiger partial charge in [-0.2, -0.15) is 0 Å². The number of alkyl halides is 2. The van der Waals surface area contributed by atoms with Crippen LogP contribution in [0.4, 0.5) is 5.69 Å². The molecule has 0 aliphatic rings. The van der Waals surface area contributed by atoms with E-state index in [-0.39, 0.29) is 49.5 Å². The third-order valence-electron chi connectivity index (χ3n) is 3.10. The van der Waals surface area contributed by atoms with Gasteiger partial charge in [-0.25, -0.2) is 0 Å². The number of carboxylic acid groups (broad SMARTS) is 2. The molecule has 1 aromatic carbocycles. The molecule has 0 saturated heterocycles. The first-order valence-corrected chi connectivity index (χ1v) is 8.42. The van der Waals surface area contributed by atoms with Gasteiger partial charge in [-0.3, -0.25) is 24.5 Å². The summed E-state index contributed by atoms with van der Waals surface area (Å²) in [6.45, 7) is -0.551. The Balaban J connectivity index is -0.000000626. The standard InChI is InChI=1S/C11H12Cl2N2O5.C4H6O4.Na.H/c12-10(13)11(18)14-8(5-16)9(17)6-1-3-7(4-2-6)15(19)20;5-3(6)1-2-4(7)8;;/h1-4,8-10,16-17H,5H2,(H,14,18);1-2H2,(H,5,6)(H,7,8);;/q;;+1;-1/t8-,9-;;;/m1.../s1. The van der Waals surface area contributed by atoms with Crippen LogP contribution in [0.25, 0.3) is 0 Å². The van der Waals surface area contributed by atoms with Crippen LogP contribution in [0.5, 0.6) is 0 Å². The average molecular weight is 465 g/mol. The summed E-state index contributed by atoms with van der Waals surface area (Å²) in [5.74, 6) is -2.91. The molecule has 0 aliphatic carbocycles. The third kappa shape index (κ3) is 12.6. The van der Waals surface area contributed by atoms with Crippen LogP contribution >= 0.6 is 23.2 Å². The number of aliphatic hydroxyl groups excluding tert-OH is 2. The molecule has 158 valence electrons. The van der Waals surface area contributed by atoms with E-state index in [2.05, 4.69) is 5.32 Å². The normalized spacial score (nSPS) is 11.9. The van der Waals surface area contributed by atoms with Gasteiger partial charge in [0.2, 0.25) is 0 Å². The van der Waals surface area contributed by atoms with Crippen LogP contribution in [0.2, 0.25) is 0 Å². The van der Waals surface area contributed by atoms with Gasteiger partial charge in [0, 0.05) is 12.1 Å². The second-order valence-electron chi connectivity index (χ2n) is 5.18. The predicted octanol–water partition coefficient (Wildman–Crippen LogP) is -2.04. The average Bonchev–Trinajstić information content (AvgIpc) is 2.64. The Morgan fingerprint density at radius 2 is 1.55 bits per heavy atom. The molecule has 0 fully saturated rings. The molecule has 0 spiro atoms. The molecule has 29 heavy (non-hydrogen) atoms. The van der Waals surface area contributed by atoms with Gasteiger partial charge in [-0.05, 0) is 17.7 Å². The zero-order valence-corrected chi connectivity index (χ0v) is 18.7. The number of non-ortho nitro benzene ring substituents is 1. The summed E-state index contributed by atoms with van der Waals surface area (Å²) in [6.07, 6.45) is -1.85. The van der Waals surface area contributed by atoms with Crippen molar-refractivity contribution in [2.24, 2.45) is 0 Å². The van der Waals surface area contributed by atoms with Crippen molar-refractivity contribution in [1.82, 2.24) is 5.32 Å². The number of benzene rings is 1. The first-order valence-electron chi connectivity index (χ1n) is 7.55. The zero-order chi connectivity index (χ0) is 21.9. The molecule has 0 bridgehead atoms. The molecular weight excluding hydrogens is 446 g/mol. The minimum Gasteiger partial charge on any atom is -1.00 e. The fourth-order valence-corrected chi connectivity index (χ4v) is 1.84. The molecule has 0 saturated carbocycles. The fourth-order valence-electron chi connectivity index (χ4n) is 1.71. The van der Waals surface area contributed by atoms with E-state index in [0.29, 0.717) is 5.56 Å². The molecule has 5 N–H and O–H groups in total. The maximum Gasteiger partial charge on any atom is 1.00 e. The van der Waals surface area contributed by atoms with Gasteiger partial charge in [0.15, 0.2) is 4.84 Å². The maximum atomic E-state index is 11.3. The number of nitrogens with one attached hydrogen (secondary N) is 1. The third-order valence-corrected chi connectivity index (χ3v) is 3.50. The first kappa shape index (κ1) is 29.7. The molecule has 1 rings (SSSR count). The van der Waals surface area contributed by atoms with E-state index in [0.717, 1.165) is 0 Å². The van der Waals surface area contributed by atoms with E-state index in [9.17, 15) is 29.6 Å². The van der Waals surface area contributed by atoms with Crippen LogP contribution in [-0.2, 0) is 14.4 Å². The number of aliphatic carboxylic acids is 2. The van der Waals surface area contributed by atoms with Crippen LogP contribution in [0.1, 0.15) is 25.9 Å². The smallest absolute Gasteiger partial charge is 1.00 e. The van der Waals surface area contributed by atoms with E-state index < -0.39 is 46.4 Å². The number of nitro benzene ring substituents is 1. The van der Waals surface area contributed by atoms with Gasteiger partial charge in [0.05, 0.1) is 30.4 Å². The van der Waals surface area contributed by atoms with Gasteiger partial charge in [0.25, 0.3) is 11.6 Å². The predicted molar refractivity (Wildman–Crippen MR) is 98.2 cm³/mol. The molecule has 0 aliphatic heterocycles. The van der Waals surface area contributed by atoms with Crippen molar-refractivity contribution in [1.29, 1.82) is 0 Å². The van der Waals surface area contributed by atoms with Gasteiger partial charge in [-0.15, -0.1) is 0 Å². The molecule has 0 heterocycles. The van der Waals surface area contributed by atoms with Crippen LogP contribution in [0.15, 0.2) is 24.3 Å². The van der Waals surface area contributed by atoms with Crippen molar-refractivity contribution in [3.63, 3.8) is 0 Å². The Morgan fingerprint density at radius 1 is 1.10 bits per heavy atom. The number of carbonyl (C=O) groups is 3. The molecule has 1 amide bonds. The van der Waals surface area contributed by atoms with Crippen molar-refractivity contribution in [2.45, 2.75) is 29.8 Å². The minimum atomic E-state index is -1.33. The van der Waals surface area contributed by atoms with Gasteiger partial charge in [-0.1, -0.05) is 23.2 Å². The summed E-state index contributed by atoms with van der Waals surface area (Å²) in [6, 6.07) is 4.05. The summed E-state index contributed by atoms with van der Waals surface area (Å²) >= 11 is 10.7. The van der Waals surface area contributed by atoms with Gasteiger partial charge in [0.1, 0.15) is 6.10 Å². The maximum absolute atomic E-state index is 11.3. The van der Waals surface area contributed by atoms with Crippen molar-refractivity contribution < 1.29 is 70.7 Å². The molecule has 0 radical (unpaired) electrons. The molecule has 2 atom stereocenters. The van der Waals surface area contributed by atoms with Crippen LogP contribution < -0.4 is 34.9 Å². The molecule has 0 unspecified atom stereocenters. The van der Waals surface area contributed by atoms with Crippen molar-refractivity contribution in [3.05, 3.63) is 39.9 Å². The number of hydrogen-bond donors (Lipinski definition) is 5. The summed E-state index contributed by atoms with van der Waals surface area (Å²) in [5, 5.41) is 47.7. The molecule has 0 aromatic heterocycles. The monoisotopic (exact) mass is 464 g/mol. The molecular formula is C15H19Cl2N2NaO9. The number of nitro groups is 1. The van der Waals surface area contributed by atoms with E-state index >= 15 is 0 Å². The number of carbonyl (C=O) groups excluding carboxylic acids is 1. The second kappa shape index (κ2) is 15.4. The topological polar surface area (TPSA) is 187 Å². The van der Waals surface area contributed by atoms with Crippen LogP contribution in [0, 0.1) is 10.1 Å². The van der Waals surface area contributed by atoms with Crippen molar-refractivity contribution in [3.8, 4) is 0 Å². The summed E-state index contributed by atoms with van der Waals surface area (Å²) in [7, 11) is 0. The van der Waals surface area contributed by atoms with Gasteiger partial charge >= 0.3 is 41.5 Å². The molecule has 11 nitrogen and oxygen atoms in total. The van der Waals surface area contributed by atoms with Gasteiger partial charge < -0.3 is 27.2 Å². The number of carboxylic acids is 2. The Bertz CT molecular complexity index is 681. The SMILES string of the molecule is O=C(N[C@H](CO)[C@H](O)c1ccc([N+](=O)[O-])cc1)C(Cl)Cl.O=C(O)CCC(=O)O.[H-].[Na+]. The fraction of sp³-hybridized carbons (Fsp3) is 0.400. The second-order valence-corrected chi connectivity index (χ2v) is 6.28. The largest absolute Gasteiger partial charge is 1.00 e. The van der Waals surface area contributed by atoms with E-state index in [4.69, 9.17) is 38.5 Å². The quantitative estimate of drug-likeness (QED) is 0.119. The number of amides is 1. The Hall–Kier alpha value is -1.47. The number of nitrogens with zero attached hydrogens (tertiary/aromatic N) is 1. The molecule has 14 heteroatoms. The van der Waals surface area contributed by atoms with Crippen LogP contribution in [-0.4, -0.2) is 60.7 Å². The minimum absolute atomic E-state index is 0.